The number of allylic oxidation sites excluding steroid dienone is 2. The molecule has 0 unspecified atom stereocenters. The molecule has 80 valence electrons. The molecular formula is C13H23N. The predicted octanol–water partition coefficient (Wildman–Crippen LogP) is 3.59. The van der Waals surface area contributed by atoms with Crippen LogP contribution in [-0.2, 0) is 0 Å². The minimum absolute atomic E-state index is 0.243. The summed E-state index contributed by atoms with van der Waals surface area (Å²) in [6.45, 7) is 12.4. The number of nitrogens with zero attached hydrogens (tertiary/aromatic N) is 1. The van der Waals surface area contributed by atoms with Crippen LogP contribution in [0.1, 0.15) is 41.0 Å². The second kappa shape index (κ2) is 4.20. The molecule has 14 heavy (non-hydrogen) atoms. The quantitative estimate of drug-likeness (QED) is 0.648. The van der Waals surface area contributed by atoms with Crippen LogP contribution in [0.4, 0.5) is 0 Å². The van der Waals surface area contributed by atoms with Gasteiger partial charge < -0.3 is 4.90 Å². The second-order valence-corrected chi connectivity index (χ2v) is 5.56. The molecule has 0 amide bonds. The fraction of sp³-hybridized carbons (Fsp3) is 0.692. The van der Waals surface area contributed by atoms with Crippen LogP contribution in [0.25, 0.3) is 0 Å². The Labute approximate surface area is 88.5 Å². The van der Waals surface area contributed by atoms with E-state index in [1.165, 1.54) is 6.42 Å². The lowest BCUT2D eigenvalue weighted by Crippen LogP contribution is -2.39. The molecule has 0 fully saturated rings. The lowest BCUT2D eigenvalue weighted by molar-refractivity contribution is 0.216. The summed E-state index contributed by atoms with van der Waals surface area (Å²) in [6, 6.07) is 0. The van der Waals surface area contributed by atoms with Crippen molar-refractivity contribution >= 4 is 0 Å². The molecule has 1 heteroatoms. The van der Waals surface area contributed by atoms with Crippen LogP contribution in [0.2, 0.25) is 0 Å². The van der Waals surface area contributed by atoms with Crippen LogP contribution in [0.15, 0.2) is 23.9 Å². The molecule has 1 rings (SSSR count). The van der Waals surface area contributed by atoms with Gasteiger partial charge in [-0.1, -0.05) is 25.5 Å². The summed E-state index contributed by atoms with van der Waals surface area (Å²) in [7, 11) is 0. The van der Waals surface area contributed by atoms with E-state index in [0.29, 0.717) is 0 Å². The summed E-state index contributed by atoms with van der Waals surface area (Å²) in [6.07, 6.45) is 7.86. The van der Waals surface area contributed by atoms with Gasteiger partial charge in [0.2, 0.25) is 0 Å². The molecule has 0 saturated carbocycles. The van der Waals surface area contributed by atoms with Gasteiger partial charge >= 0.3 is 0 Å². The normalized spacial score (nSPS) is 17.6. The smallest absolute Gasteiger partial charge is 0.0392 e. The fourth-order valence-corrected chi connectivity index (χ4v) is 1.72. The Morgan fingerprint density at radius 3 is 2.50 bits per heavy atom. The molecule has 0 saturated heterocycles. The van der Waals surface area contributed by atoms with Crippen LogP contribution in [-0.4, -0.2) is 17.0 Å². The van der Waals surface area contributed by atoms with E-state index >= 15 is 0 Å². The second-order valence-electron chi connectivity index (χ2n) is 5.56. The maximum absolute atomic E-state index is 2.41. The SMILES string of the molecule is CC(C)CC1=CC=CN(C(C)(C)C)C1. The number of hydrogen-bond donors (Lipinski definition) is 0. The van der Waals surface area contributed by atoms with Crippen molar-refractivity contribution in [1.29, 1.82) is 0 Å². The molecule has 1 heterocycles. The molecule has 0 aliphatic carbocycles. The Morgan fingerprint density at radius 1 is 1.36 bits per heavy atom. The zero-order valence-corrected chi connectivity index (χ0v) is 10.2. The average Bonchev–Trinajstić information content (AvgIpc) is 2.01. The maximum atomic E-state index is 2.41. The fourth-order valence-electron chi connectivity index (χ4n) is 1.72. The zero-order valence-electron chi connectivity index (χ0n) is 10.2. The molecular weight excluding hydrogens is 170 g/mol. The topological polar surface area (TPSA) is 3.24 Å². The highest BCUT2D eigenvalue weighted by Crippen LogP contribution is 2.22. The van der Waals surface area contributed by atoms with Crippen LogP contribution >= 0.6 is 0 Å². The minimum atomic E-state index is 0.243. The largest absolute Gasteiger partial charge is 0.369 e. The first-order valence-corrected chi connectivity index (χ1v) is 5.52. The zero-order chi connectivity index (χ0) is 10.8. The standard InChI is InChI=1S/C13H23N/c1-11(2)9-12-7-6-8-14(10-12)13(3,4)5/h6-8,11H,9-10H2,1-5H3. The summed E-state index contributed by atoms with van der Waals surface area (Å²) in [5, 5.41) is 0. The molecule has 0 N–H and O–H groups in total. The third-order valence-electron chi connectivity index (χ3n) is 2.50. The summed E-state index contributed by atoms with van der Waals surface area (Å²) >= 11 is 0. The van der Waals surface area contributed by atoms with Gasteiger partial charge in [-0.25, -0.2) is 0 Å². The lowest BCUT2D eigenvalue weighted by atomic mass is 9.98. The van der Waals surface area contributed by atoms with Crippen LogP contribution in [0, 0.1) is 5.92 Å². The highest BCUT2D eigenvalue weighted by atomic mass is 15.2. The molecule has 0 aromatic rings. The van der Waals surface area contributed by atoms with E-state index in [0.717, 1.165) is 12.5 Å². The first kappa shape index (κ1) is 11.4. The molecule has 0 spiro atoms. The van der Waals surface area contributed by atoms with Gasteiger partial charge in [0.25, 0.3) is 0 Å². The highest BCUT2D eigenvalue weighted by Gasteiger charge is 2.20. The van der Waals surface area contributed by atoms with Gasteiger partial charge in [0.05, 0.1) is 0 Å². The molecule has 0 aromatic heterocycles. The van der Waals surface area contributed by atoms with Gasteiger partial charge in [-0.3, -0.25) is 0 Å². The van der Waals surface area contributed by atoms with Crippen molar-refractivity contribution in [3.8, 4) is 0 Å². The Morgan fingerprint density at radius 2 is 2.00 bits per heavy atom. The Hall–Kier alpha value is -0.720. The van der Waals surface area contributed by atoms with E-state index in [4.69, 9.17) is 0 Å². The Bertz CT molecular complexity index is 240. The molecule has 0 bridgehead atoms. The summed E-state index contributed by atoms with van der Waals surface area (Å²) < 4.78 is 0. The van der Waals surface area contributed by atoms with E-state index < -0.39 is 0 Å². The third-order valence-corrected chi connectivity index (χ3v) is 2.50. The van der Waals surface area contributed by atoms with E-state index in [-0.39, 0.29) is 5.54 Å². The van der Waals surface area contributed by atoms with E-state index in [2.05, 4.69) is 57.9 Å². The van der Waals surface area contributed by atoms with Crippen molar-refractivity contribution in [1.82, 2.24) is 4.90 Å². The molecule has 1 nitrogen and oxygen atoms in total. The molecule has 0 radical (unpaired) electrons. The van der Waals surface area contributed by atoms with Gasteiger partial charge in [-0.2, -0.15) is 0 Å². The Balaban J connectivity index is 2.60. The van der Waals surface area contributed by atoms with Crippen LogP contribution in [0.5, 0.6) is 0 Å². The van der Waals surface area contributed by atoms with E-state index in [9.17, 15) is 0 Å². The van der Waals surface area contributed by atoms with Crippen LogP contribution < -0.4 is 0 Å². The van der Waals surface area contributed by atoms with E-state index in [1.807, 2.05) is 0 Å². The molecule has 0 atom stereocenters. The van der Waals surface area contributed by atoms with Crippen molar-refractivity contribution in [3.63, 3.8) is 0 Å². The average molecular weight is 193 g/mol. The molecule has 1 aliphatic rings. The van der Waals surface area contributed by atoms with E-state index in [1.54, 1.807) is 5.57 Å². The van der Waals surface area contributed by atoms with Crippen LogP contribution in [0.3, 0.4) is 0 Å². The third kappa shape index (κ3) is 3.21. The van der Waals surface area contributed by atoms with Crippen molar-refractivity contribution in [2.24, 2.45) is 5.92 Å². The van der Waals surface area contributed by atoms with Crippen molar-refractivity contribution < 1.29 is 0 Å². The summed E-state index contributed by atoms with van der Waals surface area (Å²) in [5.41, 5.74) is 1.80. The lowest BCUT2D eigenvalue weighted by Gasteiger charge is -2.37. The van der Waals surface area contributed by atoms with Gasteiger partial charge in [0.15, 0.2) is 0 Å². The van der Waals surface area contributed by atoms with Gasteiger partial charge in [-0.15, -0.1) is 0 Å². The Kier molecular flexibility index (Phi) is 3.41. The van der Waals surface area contributed by atoms with Gasteiger partial charge in [-0.05, 0) is 45.4 Å². The summed E-state index contributed by atoms with van der Waals surface area (Å²) in [5.74, 6) is 0.759. The van der Waals surface area contributed by atoms with Crippen molar-refractivity contribution in [2.45, 2.75) is 46.6 Å². The molecule has 0 aromatic carbocycles. The molecule has 1 aliphatic heterocycles. The highest BCUT2D eigenvalue weighted by molar-refractivity contribution is 5.20. The number of hydrogen-bond acceptors (Lipinski definition) is 1. The monoisotopic (exact) mass is 193 g/mol. The first-order chi connectivity index (χ1) is 6.39. The van der Waals surface area contributed by atoms with Gasteiger partial charge in [0, 0.05) is 12.1 Å². The minimum Gasteiger partial charge on any atom is -0.369 e. The summed E-state index contributed by atoms with van der Waals surface area (Å²) in [4.78, 5) is 2.41. The van der Waals surface area contributed by atoms with Crippen molar-refractivity contribution in [2.75, 3.05) is 6.54 Å². The van der Waals surface area contributed by atoms with Crippen molar-refractivity contribution in [3.05, 3.63) is 23.9 Å². The maximum Gasteiger partial charge on any atom is 0.0392 e. The number of rotatable bonds is 2. The first-order valence-electron chi connectivity index (χ1n) is 5.52. The van der Waals surface area contributed by atoms with Gasteiger partial charge in [0.1, 0.15) is 0 Å². The predicted molar refractivity (Wildman–Crippen MR) is 63.1 cm³/mol.